The quantitative estimate of drug-likeness (QED) is 0.809. The molecule has 0 radical (unpaired) electrons. The summed E-state index contributed by atoms with van der Waals surface area (Å²) in [5, 5.41) is 2.59. The molecule has 1 saturated carbocycles. The molecule has 1 unspecified atom stereocenters. The zero-order valence-electron chi connectivity index (χ0n) is 12.7. The number of hydrogen-bond acceptors (Lipinski definition) is 3. The number of carbonyl (C=O) groups is 1. The number of nitrogens with zero attached hydrogens (tertiary/aromatic N) is 1. The summed E-state index contributed by atoms with van der Waals surface area (Å²) in [6.07, 6.45) is -0.292. The fourth-order valence-electron chi connectivity index (χ4n) is 3.02. The van der Waals surface area contributed by atoms with Crippen molar-refractivity contribution in [3.63, 3.8) is 0 Å². The maximum absolute atomic E-state index is 12.8. The van der Waals surface area contributed by atoms with Crippen LogP contribution in [0.2, 0.25) is 0 Å². The average Bonchev–Trinajstić information content (AvgIpc) is 2.96. The molecular formula is C15H17BrF2N2O3S. The van der Waals surface area contributed by atoms with E-state index in [0.717, 1.165) is 0 Å². The van der Waals surface area contributed by atoms with Crippen LogP contribution in [-0.4, -0.2) is 43.7 Å². The molecule has 1 aliphatic heterocycles. The summed E-state index contributed by atoms with van der Waals surface area (Å²) in [5.41, 5.74) is 0. The second-order valence-electron chi connectivity index (χ2n) is 6.28. The van der Waals surface area contributed by atoms with E-state index in [1.807, 2.05) is 0 Å². The molecule has 1 aromatic rings. The number of carbonyl (C=O) groups excluding carboxylic acids is 1. The zero-order valence-corrected chi connectivity index (χ0v) is 15.1. The number of rotatable bonds is 4. The van der Waals surface area contributed by atoms with Crippen LogP contribution in [0.4, 0.5) is 8.78 Å². The van der Waals surface area contributed by atoms with Crippen LogP contribution < -0.4 is 5.32 Å². The smallest absolute Gasteiger partial charge is 0.252 e. The van der Waals surface area contributed by atoms with E-state index in [0.29, 0.717) is 10.9 Å². The standard InChI is InChI=1S/C15H17BrF2N2O3S/c16-11-2-1-3-13(6-11)24(22,23)20-5-4-10(9-20)14(21)19-12-7-15(17,18)8-12/h1-3,6,10,12H,4-5,7-9H2,(H,19,21). The van der Waals surface area contributed by atoms with Crippen LogP contribution in [-0.2, 0) is 14.8 Å². The van der Waals surface area contributed by atoms with Crippen LogP contribution in [0.1, 0.15) is 19.3 Å². The summed E-state index contributed by atoms with van der Waals surface area (Å²) < 4.78 is 52.8. The van der Waals surface area contributed by atoms with Gasteiger partial charge in [-0.1, -0.05) is 22.0 Å². The van der Waals surface area contributed by atoms with Gasteiger partial charge in [0.15, 0.2) is 0 Å². The molecule has 1 aromatic carbocycles. The Bertz CT molecular complexity index is 749. The first-order valence-electron chi connectivity index (χ1n) is 7.61. The predicted octanol–water partition coefficient (Wildman–Crippen LogP) is 2.37. The number of sulfonamides is 1. The Hall–Kier alpha value is -1.06. The van der Waals surface area contributed by atoms with Crippen molar-refractivity contribution >= 4 is 31.9 Å². The topological polar surface area (TPSA) is 66.5 Å². The molecule has 132 valence electrons. The maximum atomic E-state index is 12.8. The molecule has 2 aliphatic rings. The normalized spacial score (nSPS) is 24.5. The van der Waals surface area contributed by atoms with Crippen molar-refractivity contribution in [1.29, 1.82) is 0 Å². The minimum atomic E-state index is -3.66. The number of halogens is 3. The number of nitrogens with one attached hydrogen (secondary N) is 1. The molecule has 1 saturated heterocycles. The Morgan fingerprint density at radius 1 is 1.33 bits per heavy atom. The van der Waals surface area contributed by atoms with E-state index in [-0.39, 0.29) is 36.7 Å². The van der Waals surface area contributed by atoms with Crippen LogP contribution in [0.15, 0.2) is 33.6 Å². The summed E-state index contributed by atoms with van der Waals surface area (Å²) in [4.78, 5) is 12.3. The lowest BCUT2D eigenvalue weighted by Gasteiger charge is -2.35. The highest BCUT2D eigenvalue weighted by molar-refractivity contribution is 9.10. The van der Waals surface area contributed by atoms with Gasteiger partial charge in [-0.2, -0.15) is 4.31 Å². The van der Waals surface area contributed by atoms with Crippen molar-refractivity contribution in [3.8, 4) is 0 Å². The molecule has 1 N–H and O–H groups in total. The molecule has 0 aromatic heterocycles. The predicted molar refractivity (Wildman–Crippen MR) is 87.1 cm³/mol. The second-order valence-corrected chi connectivity index (χ2v) is 9.13. The SMILES string of the molecule is O=C(NC1CC(F)(F)C1)C1CCN(S(=O)(=O)c2cccc(Br)c2)C1. The van der Waals surface area contributed by atoms with Gasteiger partial charge in [0, 0.05) is 36.4 Å². The zero-order chi connectivity index (χ0) is 17.5. The summed E-state index contributed by atoms with van der Waals surface area (Å²) in [6.45, 7) is 0.317. The van der Waals surface area contributed by atoms with Crippen molar-refractivity contribution in [3.05, 3.63) is 28.7 Å². The maximum Gasteiger partial charge on any atom is 0.252 e. The summed E-state index contributed by atoms with van der Waals surface area (Å²) in [7, 11) is -3.66. The van der Waals surface area contributed by atoms with Gasteiger partial charge < -0.3 is 5.32 Å². The molecule has 1 heterocycles. The fraction of sp³-hybridized carbons (Fsp3) is 0.533. The molecule has 5 nitrogen and oxygen atoms in total. The minimum absolute atomic E-state index is 0.0732. The summed E-state index contributed by atoms with van der Waals surface area (Å²) in [6, 6.07) is 5.87. The van der Waals surface area contributed by atoms with Crippen molar-refractivity contribution in [2.24, 2.45) is 5.92 Å². The third-order valence-electron chi connectivity index (χ3n) is 4.39. The average molecular weight is 423 g/mol. The Morgan fingerprint density at radius 2 is 2.04 bits per heavy atom. The van der Waals surface area contributed by atoms with Gasteiger partial charge in [0.2, 0.25) is 15.9 Å². The lowest BCUT2D eigenvalue weighted by Crippen LogP contribution is -2.52. The molecule has 9 heteroatoms. The molecule has 24 heavy (non-hydrogen) atoms. The lowest BCUT2D eigenvalue weighted by molar-refractivity contribution is -0.132. The molecule has 0 spiro atoms. The minimum Gasteiger partial charge on any atom is -0.353 e. The monoisotopic (exact) mass is 422 g/mol. The third kappa shape index (κ3) is 3.62. The van der Waals surface area contributed by atoms with E-state index >= 15 is 0 Å². The largest absolute Gasteiger partial charge is 0.353 e. The van der Waals surface area contributed by atoms with Crippen LogP contribution in [0.5, 0.6) is 0 Å². The van der Waals surface area contributed by atoms with Crippen molar-refractivity contribution in [2.45, 2.75) is 36.1 Å². The highest BCUT2D eigenvalue weighted by Gasteiger charge is 2.47. The van der Waals surface area contributed by atoms with Crippen molar-refractivity contribution in [1.82, 2.24) is 9.62 Å². The van der Waals surface area contributed by atoms with E-state index < -0.39 is 27.9 Å². The van der Waals surface area contributed by atoms with Crippen molar-refractivity contribution < 1.29 is 22.0 Å². The van der Waals surface area contributed by atoms with Crippen molar-refractivity contribution in [2.75, 3.05) is 13.1 Å². The van der Waals surface area contributed by atoms with Crippen LogP contribution >= 0.6 is 15.9 Å². The molecule has 1 aliphatic carbocycles. The van der Waals surface area contributed by atoms with Gasteiger partial charge in [0.1, 0.15) is 0 Å². The third-order valence-corrected chi connectivity index (χ3v) is 6.75. The molecule has 1 atom stereocenters. The van der Waals surface area contributed by atoms with E-state index in [9.17, 15) is 22.0 Å². The van der Waals surface area contributed by atoms with Gasteiger partial charge in [-0.05, 0) is 24.6 Å². The van der Waals surface area contributed by atoms with Crippen LogP contribution in [0.25, 0.3) is 0 Å². The van der Waals surface area contributed by atoms with Gasteiger partial charge in [0.05, 0.1) is 10.8 Å². The lowest BCUT2D eigenvalue weighted by atomic mass is 9.88. The van der Waals surface area contributed by atoms with Gasteiger partial charge in [0.25, 0.3) is 5.92 Å². The van der Waals surface area contributed by atoms with Gasteiger partial charge in [-0.25, -0.2) is 17.2 Å². The highest BCUT2D eigenvalue weighted by Crippen LogP contribution is 2.37. The Kier molecular flexibility index (Phi) is 4.69. The van der Waals surface area contributed by atoms with E-state index in [2.05, 4.69) is 21.2 Å². The summed E-state index contributed by atoms with van der Waals surface area (Å²) >= 11 is 3.24. The summed E-state index contributed by atoms with van der Waals surface area (Å²) in [5.74, 6) is -3.53. The first kappa shape index (κ1) is 17.8. The number of amides is 1. The van der Waals surface area contributed by atoms with E-state index in [4.69, 9.17) is 0 Å². The first-order valence-corrected chi connectivity index (χ1v) is 9.85. The van der Waals surface area contributed by atoms with E-state index in [1.54, 1.807) is 12.1 Å². The first-order chi connectivity index (χ1) is 11.2. The molecular weight excluding hydrogens is 406 g/mol. The Labute approximate surface area is 147 Å². The van der Waals surface area contributed by atoms with Gasteiger partial charge >= 0.3 is 0 Å². The van der Waals surface area contributed by atoms with Crippen LogP contribution in [0.3, 0.4) is 0 Å². The molecule has 1 amide bonds. The van der Waals surface area contributed by atoms with Crippen LogP contribution in [0, 0.1) is 5.92 Å². The van der Waals surface area contributed by atoms with E-state index in [1.165, 1.54) is 16.4 Å². The fourth-order valence-corrected chi connectivity index (χ4v) is 5.12. The Morgan fingerprint density at radius 3 is 2.67 bits per heavy atom. The molecule has 2 fully saturated rings. The highest BCUT2D eigenvalue weighted by atomic mass is 79.9. The molecule has 0 bridgehead atoms. The van der Waals surface area contributed by atoms with Gasteiger partial charge in [-0.15, -0.1) is 0 Å². The number of hydrogen-bond donors (Lipinski definition) is 1. The molecule has 3 rings (SSSR count). The Balaban J connectivity index is 1.61. The van der Waals surface area contributed by atoms with Gasteiger partial charge in [-0.3, -0.25) is 4.79 Å². The number of alkyl halides is 2. The second kappa shape index (κ2) is 6.34. The number of benzene rings is 1.